The van der Waals surface area contributed by atoms with Crippen molar-refractivity contribution < 1.29 is 0 Å². The number of anilines is 1. The Bertz CT molecular complexity index is 713. The molecule has 0 saturated carbocycles. The monoisotopic (exact) mass is 277 g/mol. The van der Waals surface area contributed by atoms with Crippen molar-refractivity contribution in [3.63, 3.8) is 0 Å². The van der Waals surface area contributed by atoms with Crippen molar-refractivity contribution in [1.82, 2.24) is 9.78 Å². The summed E-state index contributed by atoms with van der Waals surface area (Å²) in [4.78, 5) is 0. The molecule has 3 aromatic rings. The maximum absolute atomic E-state index is 4.23. The van der Waals surface area contributed by atoms with Crippen molar-refractivity contribution in [2.75, 3.05) is 5.32 Å². The van der Waals surface area contributed by atoms with Crippen LogP contribution in [0.2, 0.25) is 0 Å². The van der Waals surface area contributed by atoms with Crippen molar-refractivity contribution in [3.05, 3.63) is 77.6 Å². The smallest absolute Gasteiger partial charge is 0.0647 e. The first-order valence-electron chi connectivity index (χ1n) is 7.12. The van der Waals surface area contributed by atoms with Crippen LogP contribution in [0.25, 0.3) is 5.69 Å². The summed E-state index contributed by atoms with van der Waals surface area (Å²) in [6.07, 6.45) is 3.73. The zero-order valence-electron chi connectivity index (χ0n) is 12.4. The molecule has 3 nitrogen and oxygen atoms in total. The molecule has 0 radical (unpaired) electrons. The van der Waals surface area contributed by atoms with E-state index in [1.165, 1.54) is 16.7 Å². The number of nitrogens with zero attached hydrogens (tertiary/aromatic N) is 2. The van der Waals surface area contributed by atoms with E-state index in [0.717, 1.165) is 17.9 Å². The van der Waals surface area contributed by atoms with Gasteiger partial charge in [0, 0.05) is 24.6 Å². The molecular weight excluding hydrogens is 258 g/mol. The normalized spacial score (nSPS) is 10.6. The Hall–Kier alpha value is -2.55. The zero-order chi connectivity index (χ0) is 14.7. The molecule has 0 amide bonds. The summed E-state index contributed by atoms with van der Waals surface area (Å²) in [6, 6.07) is 16.8. The fraction of sp³-hybridized carbons (Fsp3) is 0.167. The minimum Gasteiger partial charge on any atom is -0.381 e. The molecule has 0 aliphatic rings. The summed E-state index contributed by atoms with van der Waals surface area (Å²) >= 11 is 0. The molecule has 21 heavy (non-hydrogen) atoms. The van der Waals surface area contributed by atoms with E-state index in [-0.39, 0.29) is 0 Å². The third-order valence-corrected chi connectivity index (χ3v) is 3.62. The molecule has 0 saturated heterocycles. The highest BCUT2D eigenvalue weighted by Crippen LogP contribution is 2.16. The Morgan fingerprint density at radius 3 is 2.57 bits per heavy atom. The van der Waals surface area contributed by atoms with Crippen LogP contribution in [0.15, 0.2) is 60.9 Å². The SMILES string of the molecule is Cc1ccc(C)c(CNc2ccc(-n3cccn3)cc2)c1. The average Bonchev–Trinajstić information content (AvgIpc) is 3.03. The highest BCUT2D eigenvalue weighted by atomic mass is 15.3. The van der Waals surface area contributed by atoms with Crippen LogP contribution in [-0.2, 0) is 6.54 Å². The topological polar surface area (TPSA) is 29.9 Å². The number of hydrogen-bond donors (Lipinski definition) is 1. The molecule has 0 unspecified atom stereocenters. The van der Waals surface area contributed by atoms with Crippen LogP contribution < -0.4 is 5.32 Å². The van der Waals surface area contributed by atoms with Gasteiger partial charge in [0.1, 0.15) is 0 Å². The molecule has 1 heterocycles. The first kappa shape index (κ1) is 13.4. The molecule has 1 aromatic heterocycles. The van der Waals surface area contributed by atoms with E-state index in [4.69, 9.17) is 0 Å². The van der Waals surface area contributed by atoms with E-state index in [2.05, 4.69) is 66.7 Å². The maximum atomic E-state index is 4.23. The quantitative estimate of drug-likeness (QED) is 0.778. The molecule has 1 N–H and O–H groups in total. The van der Waals surface area contributed by atoms with Gasteiger partial charge in [0.15, 0.2) is 0 Å². The number of benzene rings is 2. The lowest BCUT2D eigenvalue weighted by atomic mass is 10.1. The van der Waals surface area contributed by atoms with Gasteiger partial charge in [-0.05, 0) is 55.3 Å². The van der Waals surface area contributed by atoms with Gasteiger partial charge >= 0.3 is 0 Å². The molecule has 0 atom stereocenters. The minimum absolute atomic E-state index is 0.842. The van der Waals surface area contributed by atoms with E-state index in [1.54, 1.807) is 6.20 Å². The molecule has 0 aliphatic carbocycles. The molecule has 0 fully saturated rings. The standard InChI is InChI=1S/C18H19N3/c1-14-4-5-15(2)16(12-14)13-19-17-6-8-18(9-7-17)21-11-3-10-20-21/h3-12,19H,13H2,1-2H3. The molecule has 0 bridgehead atoms. The third-order valence-electron chi connectivity index (χ3n) is 3.62. The number of aryl methyl sites for hydroxylation is 2. The summed E-state index contributed by atoms with van der Waals surface area (Å²) in [5.74, 6) is 0. The summed E-state index contributed by atoms with van der Waals surface area (Å²) in [6.45, 7) is 5.12. The number of aromatic nitrogens is 2. The predicted molar refractivity (Wildman–Crippen MR) is 86.8 cm³/mol. The maximum Gasteiger partial charge on any atom is 0.0647 e. The Morgan fingerprint density at radius 1 is 1.05 bits per heavy atom. The lowest BCUT2D eigenvalue weighted by molar-refractivity contribution is 0.880. The van der Waals surface area contributed by atoms with E-state index >= 15 is 0 Å². The van der Waals surface area contributed by atoms with Crippen LogP contribution in [0, 0.1) is 13.8 Å². The highest BCUT2D eigenvalue weighted by Gasteiger charge is 2.00. The van der Waals surface area contributed by atoms with Gasteiger partial charge in [-0.1, -0.05) is 23.8 Å². The van der Waals surface area contributed by atoms with Crippen molar-refractivity contribution in [1.29, 1.82) is 0 Å². The second-order valence-electron chi connectivity index (χ2n) is 5.28. The number of nitrogens with one attached hydrogen (secondary N) is 1. The Balaban J connectivity index is 1.70. The number of rotatable bonds is 4. The van der Waals surface area contributed by atoms with Gasteiger partial charge in [0.2, 0.25) is 0 Å². The van der Waals surface area contributed by atoms with Crippen LogP contribution in [0.5, 0.6) is 0 Å². The van der Waals surface area contributed by atoms with Gasteiger partial charge in [-0.2, -0.15) is 5.10 Å². The number of hydrogen-bond acceptors (Lipinski definition) is 2. The molecule has 3 heteroatoms. The van der Waals surface area contributed by atoms with E-state index in [9.17, 15) is 0 Å². The predicted octanol–water partition coefficient (Wildman–Crippen LogP) is 4.10. The second kappa shape index (κ2) is 5.83. The molecule has 0 spiro atoms. The molecule has 3 rings (SSSR count). The zero-order valence-corrected chi connectivity index (χ0v) is 12.4. The van der Waals surface area contributed by atoms with E-state index in [0.29, 0.717) is 0 Å². The first-order chi connectivity index (χ1) is 10.2. The van der Waals surface area contributed by atoms with Gasteiger partial charge in [0.25, 0.3) is 0 Å². The Labute approximate surface area is 125 Å². The summed E-state index contributed by atoms with van der Waals surface area (Å²) in [5.41, 5.74) is 6.14. The van der Waals surface area contributed by atoms with E-state index < -0.39 is 0 Å². The van der Waals surface area contributed by atoms with Crippen LogP contribution >= 0.6 is 0 Å². The van der Waals surface area contributed by atoms with Crippen LogP contribution in [0.3, 0.4) is 0 Å². The minimum atomic E-state index is 0.842. The van der Waals surface area contributed by atoms with Gasteiger partial charge in [-0.15, -0.1) is 0 Å². The van der Waals surface area contributed by atoms with Crippen LogP contribution in [-0.4, -0.2) is 9.78 Å². The summed E-state index contributed by atoms with van der Waals surface area (Å²) in [5, 5.41) is 7.70. The van der Waals surface area contributed by atoms with Gasteiger partial charge in [0.05, 0.1) is 5.69 Å². The van der Waals surface area contributed by atoms with Gasteiger partial charge < -0.3 is 5.32 Å². The Kier molecular flexibility index (Phi) is 3.73. The van der Waals surface area contributed by atoms with Crippen LogP contribution in [0.1, 0.15) is 16.7 Å². The van der Waals surface area contributed by atoms with Crippen molar-refractivity contribution in [2.45, 2.75) is 20.4 Å². The summed E-state index contributed by atoms with van der Waals surface area (Å²) < 4.78 is 1.86. The van der Waals surface area contributed by atoms with Crippen LogP contribution in [0.4, 0.5) is 5.69 Å². The molecule has 0 aliphatic heterocycles. The molecule has 2 aromatic carbocycles. The fourth-order valence-corrected chi connectivity index (χ4v) is 2.34. The summed E-state index contributed by atoms with van der Waals surface area (Å²) in [7, 11) is 0. The van der Waals surface area contributed by atoms with Crippen molar-refractivity contribution in [3.8, 4) is 5.69 Å². The Morgan fingerprint density at radius 2 is 1.86 bits per heavy atom. The lowest BCUT2D eigenvalue weighted by Crippen LogP contribution is -2.02. The van der Waals surface area contributed by atoms with Crippen molar-refractivity contribution in [2.24, 2.45) is 0 Å². The second-order valence-corrected chi connectivity index (χ2v) is 5.28. The average molecular weight is 277 g/mol. The molecule has 106 valence electrons. The van der Waals surface area contributed by atoms with Crippen molar-refractivity contribution >= 4 is 5.69 Å². The fourth-order valence-electron chi connectivity index (χ4n) is 2.34. The molecular formula is C18H19N3. The van der Waals surface area contributed by atoms with Gasteiger partial charge in [-0.3, -0.25) is 0 Å². The lowest BCUT2D eigenvalue weighted by Gasteiger charge is -2.10. The first-order valence-corrected chi connectivity index (χ1v) is 7.12. The van der Waals surface area contributed by atoms with Gasteiger partial charge in [-0.25, -0.2) is 4.68 Å². The van der Waals surface area contributed by atoms with E-state index in [1.807, 2.05) is 16.9 Å². The highest BCUT2D eigenvalue weighted by molar-refractivity contribution is 5.49. The third kappa shape index (κ3) is 3.14. The largest absolute Gasteiger partial charge is 0.381 e.